The van der Waals surface area contributed by atoms with Gasteiger partial charge in [-0.05, 0) is 49.5 Å². The fraction of sp³-hybridized carbons (Fsp3) is 0.538. The molecule has 0 spiro atoms. The summed E-state index contributed by atoms with van der Waals surface area (Å²) in [4.78, 5) is 1.45. The highest BCUT2D eigenvalue weighted by Gasteiger charge is 2.17. The minimum Gasteiger partial charge on any atom is -0.383 e. The Kier molecular flexibility index (Phi) is 3.06. The first-order valence-corrected chi connectivity index (χ1v) is 7.13. The molecule has 1 aromatic carbocycles. The molecule has 0 saturated carbocycles. The van der Waals surface area contributed by atoms with Crippen LogP contribution < -0.4 is 10.6 Å². The van der Waals surface area contributed by atoms with Crippen molar-refractivity contribution in [3.05, 3.63) is 23.8 Å². The van der Waals surface area contributed by atoms with Crippen LogP contribution in [0, 0.1) is 0 Å². The molecule has 2 N–H and O–H groups in total. The van der Waals surface area contributed by atoms with Crippen molar-refractivity contribution in [1.29, 1.82) is 0 Å². The SMILES string of the molecule is c1cc2c(cc1C1CCNCC1)SCCN2. The van der Waals surface area contributed by atoms with Gasteiger partial charge in [0.05, 0.1) is 0 Å². The zero-order valence-electron chi connectivity index (χ0n) is 9.46. The highest BCUT2D eigenvalue weighted by molar-refractivity contribution is 7.99. The van der Waals surface area contributed by atoms with Gasteiger partial charge in [-0.3, -0.25) is 0 Å². The molecule has 2 nitrogen and oxygen atoms in total. The van der Waals surface area contributed by atoms with Crippen LogP contribution in [0.2, 0.25) is 0 Å². The van der Waals surface area contributed by atoms with Gasteiger partial charge < -0.3 is 10.6 Å². The Hall–Kier alpha value is -0.670. The second kappa shape index (κ2) is 4.68. The monoisotopic (exact) mass is 234 g/mol. The van der Waals surface area contributed by atoms with Gasteiger partial charge in [0, 0.05) is 22.9 Å². The number of nitrogens with one attached hydrogen (secondary N) is 2. The summed E-state index contributed by atoms with van der Waals surface area (Å²) < 4.78 is 0. The average Bonchev–Trinajstić information content (AvgIpc) is 2.39. The number of piperidine rings is 1. The van der Waals surface area contributed by atoms with Crippen LogP contribution >= 0.6 is 11.8 Å². The first kappa shape index (κ1) is 10.5. The lowest BCUT2D eigenvalue weighted by molar-refractivity contribution is 0.460. The Bertz CT molecular complexity index is 372. The standard InChI is InChI=1S/C13H18N2S/c1-2-12-13(16-8-7-15-12)9-11(1)10-3-5-14-6-4-10/h1-2,9-10,14-15H,3-8H2. The van der Waals surface area contributed by atoms with Gasteiger partial charge in [-0.1, -0.05) is 6.07 Å². The Morgan fingerprint density at radius 3 is 2.88 bits per heavy atom. The molecule has 2 heterocycles. The van der Waals surface area contributed by atoms with Gasteiger partial charge in [0.25, 0.3) is 0 Å². The number of anilines is 1. The van der Waals surface area contributed by atoms with Gasteiger partial charge in [-0.15, -0.1) is 11.8 Å². The quantitative estimate of drug-likeness (QED) is 0.781. The molecule has 16 heavy (non-hydrogen) atoms. The fourth-order valence-corrected chi connectivity index (χ4v) is 3.50. The highest BCUT2D eigenvalue weighted by Crippen LogP contribution is 2.35. The number of hydrogen-bond acceptors (Lipinski definition) is 3. The van der Waals surface area contributed by atoms with Crippen molar-refractivity contribution in [3.8, 4) is 0 Å². The highest BCUT2D eigenvalue weighted by atomic mass is 32.2. The van der Waals surface area contributed by atoms with E-state index in [2.05, 4.69) is 28.8 Å². The smallest absolute Gasteiger partial charge is 0.0478 e. The van der Waals surface area contributed by atoms with Crippen molar-refractivity contribution in [2.24, 2.45) is 0 Å². The lowest BCUT2D eigenvalue weighted by Gasteiger charge is -2.25. The van der Waals surface area contributed by atoms with E-state index in [1.807, 2.05) is 11.8 Å². The molecule has 0 atom stereocenters. The summed E-state index contributed by atoms with van der Waals surface area (Å²) in [7, 11) is 0. The van der Waals surface area contributed by atoms with Crippen LogP contribution in [0.3, 0.4) is 0 Å². The maximum absolute atomic E-state index is 3.46. The van der Waals surface area contributed by atoms with E-state index >= 15 is 0 Å². The van der Waals surface area contributed by atoms with E-state index in [0.29, 0.717) is 0 Å². The fourth-order valence-electron chi connectivity index (χ4n) is 2.56. The summed E-state index contributed by atoms with van der Waals surface area (Å²) in [6, 6.07) is 6.98. The molecule has 0 amide bonds. The van der Waals surface area contributed by atoms with Gasteiger partial charge in [0.15, 0.2) is 0 Å². The molecule has 86 valence electrons. The van der Waals surface area contributed by atoms with Gasteiger partial charge in [-0.25, -0.2) is 0 Å². The van der Waals surface area contributed by atoms with Crippen molar-refractivity contribution >= 4 is 17.4 Å². The van der Waals surface area contributed by atoms with E-state index in [4.69, 9.17) is 0 Å². The second-order valence-electron chi connectivity index (χ2n) is 4.56. The van der Waals surface area contributed by atoms with Crippen LogP contribution in [0.5, 0.6) is 0 Å². The maximum atomic E-state index is 3.46. The molecular formula is C13H18N2S. The zero-order valence-corrected chi connectivity index (χ0v) is 10.3. The number of fused-ring (bicyclic) bond motifs is 1. The third-order valence-corrected chi connectivity index (χ3v) is 4.55. The van der Waals surface area contributed by atoms with Crippen molar-refractivity contribution in [3.63, 3.8) is 0 Å². The Balaban J connectivity index is 1.84. The van der Waals surface area contributed by atoms with E-state index < -0.39 is 0 Å². The Labute approximate surface area is 101 Å². The van der Waals surface area contributed by atoms with Crippen molar-refractivity contribution in [2.75, 3.05) is 30.7 Å². The van der Waals surface area contributed by atoms with Crippen LogP contribution in [-0.2, 0) is 0 Å². The predicted octanol–water partition coefficient (Wildman–Crippen LogP) is 2.67. The van der Waals surface area contributed by atoms with Crippen LogP contribution in [0.15, 0.2) is 23.1 Å². The molecule has 0 bridgehead atoms. The summed E-state index contributed by atoms with van der Waals surface area (Å²) in [5, 5.41) is 6.89. The number of benzene rings is 1. The van der Waals surface area contributed by atoms with Crippen molar-refractivity contribution < 1.29 is 0 Å². The summed E-state index contributed by atoms with van der Waals surface area (Å²) in [5.74, 6) is 1.97. The molecule has 0 radical (unpaired) electrons. The Morgan fingerprint density at radius 1 is 1.12 bits per heavy atom. The third kappa shape index (κ3) is 2.06. The molecule has 1 aromatic rings. The molecule has 0 aliphatic carbocycles. The van der Waals surface area contributed by atoms with Crippen LogP contribution in [0.25, 0.3) is 0 Å². The molecule has 2 aliphatic rings. The number of thioether (sulfide) groups is 1. The topological polar surface area (TPSA) is 24.1 Å². The van der Waals surface area contributed by atoms with E-state index in [0.717, 1.165) is 12.5 Å². The first-order chi connectivity index (χ1) is 7.93. The lowest BCUT2D eigenvalue weighted by atomic mass is 9.90. The third-order valence-electron chi connectivity index (χ3n) is 3.49. The molecule has 3 heteroatoms. The van der Waals surface area contributed by atoms with Crippen molar-refractivity contribution in [2.45, 2.75) is 23.7 Å². The number of hydrogen-bond donors (Lipinski definition) is 2. The molecule has 1 saturated heterocycles. The average molecular weight is 234 g/mol. The van der Waals surface area contributed by atoms with E-state index in [9.17, 15) is 0 Å². The molecule has 3 rings (SSSR count). The molecule has 0 unspecified atom stereocenters. The summed E-state index contributed by atoms with van der Waals surface area (Å²) in [6.45, 7) is 3.45. The molecule has 1 fully saturated rings. The van der Waals surface area contributed by atoms with E-state index in [1.54, 1.807) is 0 Å². The Morgan fingerprint density at radius 2 is 2.00 bits per heavy atom. The van der Waals surface area contributed by atoms with E-state index in [-0.39, 0.29) is 0 Å². The minimum absolute atomic E-state index is 0.772. The largest absolute Gasteiger partial charge is 0.383 e. The lowest BCUT2D eigenvalue weighted by Crippen LogP contribution is -2.26. The summed E-state index contributed by atoms with van der Waals surface area (Å²) in [6.07, 6.45) is 2.58. The molecule has 2 aliphatic heterocycles. The summed E-state index contributed by atoms with van der Waals surface area (Å²) in [5.41, 5.74) is 2.87. The van der Waals surface area contributed by atoms with Crippen LogP contribution in [0.1, 0.15) is 24.3 Å². The van der Waals surface area contributed by atoms with Crippen LogP contribution in [0.4, 0.5) is 5.69 Å². The predicted molar refractivity (Wildman–Crippen MR) is 70.5 cm³/mol. The van der Waals surface area contributed by atoms with E-state index in [1.165, 1.54) is 47.8 Å². The van der Waals surface area contributed by atoms with Gasteiger partial charge in [-0.2, -0.15) is 0 Å². The van der Waals surface area contributed by atoms with Crippen LogP contribution in [-0.4, -0.2) is 25.4 Å². The van der Waals surface area contributed by atoms with Gasteiger partial charge >= 0.3 is 0 Å². The normalized spacial score (nSPS) is 21.2. The second-order valence-corrected chi connectivity index (χ2v) is 5.69. The summed E-state index contributed by atoms with van der Waals surface area (Å²) >= 11 is 1.99. The van der Waals surface area contributed by atoms with Gasteiger partial charge in [0.1, 0.15) is 0 Å². The maximum Gasteiger partial charge on any atom is 0.0478 e. The molecule has 0 aromatic heterocycles. The first-order valence-electron chi connectivity index (χ1n) is 6.15. The molecular weight excluding hydrogens is 216 g/mol. The number of rotatable bonds is 1. The zero-order chi connectivity index (χ0) is 10.8. The van der Waals surface area contributed by atoms with Crippen molar-refractivity contribution in [1.82, 2.24) is 5.32 Å². The van der Waals surface area contributed by atoms with Gasteiger partial charge in [0.2, 0.25) is 0 Å². The minimum atomic E-state index is 0.772.